The predicted molar refractivity (Wildman–Crippen MR) is 103 cm³/mol. The van der Waals surface area contributed by atoms with E-state index in [2.05, 4.69) is 28.2 Å². The molecule has 6 heteroatoms. The predicted octanol–water partition coefficient (Wildman–Crippen LogP) is 4.03. The Morgan fingerprint density at radius 1 is 1.04 bits per heavy atom. The molecule has 0 fully saturated rings. The molecule has 3 amide bonds. The number of anilines is 1. The minimum absolute atomic E-state index is 0.131. The number of carbonyl (C=O) groups excluding carboxylic acids is 3. The van der Waals surface area contributed by atoms with E-state index in [9.17, 15) is 14.4 Å². The number of nitrogens with one attached hydrogen (secondary N) is 1. The zero-order chi connectivity index (χ0) is 18.7. The lowest BCUT2D eigenvalue weighted by Crippen LogP contribution is -2.31. The van der Waals surface area contributed by atoms with Gasteiger partial charge in [0.25, 0.3) is 11.8 Å². The Balaban J connectivity index is 1.52. The first kappa shape index (κ1) is 18.3. The topological polar surface area (TPSA) is 66.5 Å². The summed E-state index contributed by atoms with van der Waals surface area (Å²) in [5.41, 5.74) is 2.78. The third kappa shape index (κ3) is 3.85. The highest BCUT2D eigenvalue weighted by molar-refractivity contribution is 9.10. The van der Waals surface area contributed by atoms with Crippen LogP contribution in [0.5, 0.6) is 0 Å². The molecule has 2 aromatic carbocycles. The Bertz CT molecular complexity index is 862. The molecule has 0 saturated carbocycles. The van der Waals surface area contributed by atoms with Gasteiger partial charge in [0.15, 0.2) is 0 Å². The van der Waals surface area contributed by atoms with Gasteiger partial charge in [0, 0.05) is 23.1 Å². The third-order valence-corrected chi connectivity index (χ3v) is 4.86. The Morgan fingerprint density at radius 3 is 2.42 bits per heavy atom. The molecular formula is C20H19BrN2O3. The van der Waals surface area contributed by atoms with Crippen molar-refractivity contribution in [3.05, 3.63) is 63.6 Å². The van der Waals surface area contributed by atoms with Crippen LogP contribution in [0.3, 0.4) is 0 Å². The maximum atomic E-state index is 12.4. The lowest BCUT2D eigenvalue weighted by molar-refractivity contribution is -0.116. The number of amides is 3. The molecule has 134 valence electrons. The van der Waals surface area contributed by atoms with Crippen molar-refractivity contribution < 1.29 is 14.4 Å². The molecule has 1 heterocycles. The fraction of sp³-hybridized carbons (Fsp3) is 0.250. The van der Waals surface area contributed by atoms with Crippen LogP contribution in [0, 0.1) is 0 Å². The summed E-state index contributed by atoms with van der Waals surface area (Å²) in [5, 5.41) is 2.83. The second-order valence-corrected chi connectivity index (χ2v) is 7.07. The molecule has 2 aromatic rings. The van der Waals surface area contributed by atoms with Crippen molar-refractivity contribution in [2.24, 2.45) is 0 Å². The summed E-state index contributed by atoms with van der Waals surface area (Å²) >= 11 is 3.31. The zero-order valence-electron chi connectivity index (χ0n) is 14.4. The van der Waals surface area contributed by atoms with Crippen LogP contribution in [0.2, 0.25) is 0 Å². The normalized spacial score (nSPS) is 13.1. The third-order valence-electron chi connectivity index (χ3n) is 4.36. The van der Waals surface area contributed by atoms with E-state index in [0.29, 0.717) is 17.5 Å². The number of aryl methyl sites for hydroxylation is 1. The van der Waals surface area contributed by atoms with Crippen molar-refractivity contribution in [2.75, 3.05) is 11.9 Å². The summed E-state index contributed by atoms with van der Waals surface area (Å²) in [4.78, 5) is 38.0. The monoisotopic (exact) mass is 414 g/mol. The van der Waals surface area contributed by atoms with Gasteiger partial charge in [-0.3, -0.25) is 19.3 Å². The van der Waals surface area contributed by atoms with Crippen LogP contribution in [0.1, 0.15) is 46.0 Å². The van der Waals surface area contributed by atoms with E-state index in [4.69, 9.17) is 0 Å². The number of carbonyl (C=O) groups is 3. The summed E-state index contributed by atoms with van der Waals surface area (Å²) in [6.45, 7) is 2.30. The molecular weight excluding hydrogens is 396 g/mol. The fourth-order valence-corrected chi connectivity index (χ4v) is 3.27. The molecule has 0 radical (unpaired) electrons. The minimum atomic E-state index is -0.304. The zero-order valence-corrected chi connectivity index (χ0v) is 16.0. The van der Waals surface area contributed by atoms with Crippen molar-refractivity contribution in [1.82, 2.24) is 4.90 Å². The van der Waals surface area contributed by atoms with E-state index < -0.39 is 0 Å². The lowest BCUT2D eigenvalue weighted by Gasteiger charge is -2.13. The number of halogens is 1. The van der Waals surface area contributed by atoms with Crippen molar-refractivity contribution in [1.29, 1.82) is 0 Å². The van der Waals surface area contributed by atoms with Crippen LogP contribution < -0.4 is 5.32 Å². The highest BCUT2D eigenvalue weighted by atomic mass is 79.9. The molecule has 1 aliphatic rings. The van der Waals surface area contributed by atoms with E-state index in [0.717, 1.165) is 16.6 Å². The average molecular weight is 415 g/mol. The van der Waals surface area contributed by atoms with Gasteiger partial charge in [-0.05, 0) is 48.7 Å². The average Bonchev–Trinajstić information content (AvgIpc) is 2.86. The quantitative estimate of drug-likeness (QED) is 0.725. The number of hydrogen-bond donors (Lipinski definition) is 1. The molecule has 26 heavy (non-hydrogen) atoms. The van der Waals surface area contributed by atoms with Gasteiger partial charge in [0.1, 0.15) is 0 Å². The Morgan fingerprint density at radius 2 is 1.73 bits per heavy atom. The van der Waals surface area contributed by atoms with E-state index in [1.54, 1.807) is 18.2 Å². The second-order valence-electron chi connectivity index (χ2n) is 6.15. The van der Waals surface area contributed by atoms with Crippen LogP contribution in [0.15, 0.2) is 46.9 Å². The summed E-state index contributed by atoms with van der Waals surface area (Å²) in [6, 6.07) is 12.7. The van der Waals surface area contributed by atoms with Gasteiger partial charge in [-0.1, -0.05) is 35.0 Å². The Kier molecular flexibility index (Phi) is 5.52. The molecule has 1 aliphatic heterocycles. The molecule has 0 saturated heterocycles. The van der Waals surface area contributed by atoms with Crippen molar-refractivity contribution in [3.8, 4) is 0 Å². The first-order valence-electron chi connectivity index (χ1n) is 8.54. The van der Waals surface area contributed by atoms with Gasteiger partial charge < -0.3 is 5.32 Å². The molecule has 0 aliphatic carbocycles. The number of fused-ring (bicyclic) bond motifs is 1. The standard InChI is InChI=1S/C20H19BrN2O3/c1-2-13-5-8-15(9-6-13)22-18(24)4-3-11-23-19(25)16-10-7-14(21)12-17(16)20(23)26/h5-10,12H,2-4,11H2,1H3,(H,22,24). The Labute approximate surface area is 160 Å². The fourth-order valence-electron chi connectivity index (χ4n) is 2.91. The minimum Gasteiger partial charge on any atom is -0.326 e. The molecule has 0 bridgehead atoms. The van der Waals surface area contributed by atoms with Crippen LogP contribution in [0.4, 0.5) is 5.69 Å². The maximum Gasteiger partial charge on any atom is 0.261 e. The first-order chi connectivity index (χ1) is 12.5. The maximum absolute atomic E-state index is 12.4. The number of imide groups is 1. The van der Waals surface area contributed by atoms with Crippen LogP contribution in [-0.2, 0) is 11.2 Å². The van der Waals surface area contributed by atoms with Gasteiger partial charge in [-0.15, -0.1) is 0 Å². The van der Waals surface area contributed by atoms with E-state index in [1.165, 1.54) is 10.5 Å². The molecule has 1 N–H and O–H groups in total. The number of benzene rings is 2. The Hall–Kier alpha value is -2.47. The SMILES string of the molecule is CCc1ccc(NC(=O)CCCN2C(=O)c3ccc(Br)cc3C2=O)cc1. The smallest absolute Gasteiger partial charge is 0.261 e. The number of rotatable bonds is 6. The van der Waals surface area contributed by atoms with Crippen LogP contribution >= 0.6 is 15.9 Å². The molecule has 0 unspecified atom stereocenters. The van der Waals surface area contributed by atoms with E-state index >= 15 is 0 Å². The molecule has 3 rings (SSSR count). The van der Waals surface area contributed by atoms with Crippen molar-refractivity contribution >= 4 is 39.3 Å². The highest BCUT2D eigenvalue weighted by Gasteiger charge is 2.35. The van der Waals surface area contributed by atoms with Gasteiger partial charge in [0.05, 0.1) is 11.1 Å². The lowest BCUT2D eigenvalue weighted by atomic mass is 10.1. The van der Waals surface area contributed by atoms with E-state index in [-0.39, 0.29) is 30.7 Å². The second kappa shape index (κ2) is 7.83. The molecule has 0 aromatic heterocycles. The van der Waals surface area contributed by atoms with Gasteiger partial charge in [-0.25, -0.2) is 0 Å². The number of hydrogen-bond acceptors (Lipinski definition) is 3. The van der Waals surface area contributed by atoms with Gasteiger partial charge in [0.2, 0.25) is 5.91 Å². The van der Waals surface area contributed by atoms with E-state index in [1.807, 2.05) is 24.3 Å². The number of nitrogens with zero attached hydrogens (tertiary/aromatic N) is 1. The summed E-state index contributed by atoms with van der Waals surface area (Å²) < 4.78 is 0.757. The van der Waals surface area contributed by atoms with Crippen LogP contribution in [-0.4, -0.2) is 29.2 Å². The first-order valence-corrected chi connectivity index (χ1v) is 9.33. The summed E-state index contributed by atoms with van der Waals surface area (Å²) in [6.07, 6.45) is 1.61. The molecule has 5 nitrogen and oxygen atoms in total. The van der Waals surface area contributed by atoms with Gasteiger partial charge >= 0.3 is 0 Å². The van der Waals surface area contributed by atoms with Crippen molar-refractivity contribution in [3.63, 3.8) is 0 Å². The summed E-state index contributed by atoms with van der Waals surface area (Å²) in [5.74, 6) is -0.733. The molecule has 0 atom stereocenters. The summed E-state index contributed by atoms with van der Waals surface area (Å²) in [7, 11) is 0. The van der Waals surface area contributed by atoms with Crippen LogP contribution in [0.25, 0.3) is 0 Å². The van der Waals surface area contributed by atoms with Gasteiger partial charge in [-0.2, -0.15) is 0 Å². The molecule has 0 spiro atoms. The largest absolute Gasteiger partial charge is 0.326 e. The highest BCUT2D eigenvalue weighted by Crippen LogP contribution is 2.26. The van der Waals surface area contributed by atoms with Crippen molar-refractivity contribution in [2.45, 2.75) is 26.2 Å².